The maximum absolute atomic E-state index is 4.34. The van der Waals surface area contributed by atoms with Gasteiger partial charge in [0.15, 0.2) is 0 Å². The van der Waals surface area contributed by atoms with Crippen molar-refractivity contribution < 1.29 is 0 Å². The first-order chi connectivity index (χ1) is 6.42. The Morgan fingerprint density at radius 2 is 2.31 bits per heavy atom. The molecule has 4 nitrogen and oxygen atoms in total. The number of nitrogens with zero attached hydrogens (tertiary/aromatic N) is 2. The zero-order valence-corrected chi connectivity index (χ0v) is 7.75. The van der Waals surface area contributed by atoms with E-state index in [0.717, 1.165) is 24.5 Å². The Morgan fingerprint density at radius 1 is 1.46 bits per heavy atom. The van der Waals surface area contributed by atoms with Gasteiger partial charge in [-0.1, -0.05) is 0 Å². The maximum atomic E-state index is 4.34. The van der Waals surface area contributed by atoms with Crippen molar-refractivity contribution in [2.75, 3.05) is 18.9 Å². The van der Waals surface area contributed by atoms with Crippen LogP contribution in [-0.4, -0.2) is 23.6 Å². The largest absolute Gasteiger partial charge is 0.372 e. The van der Waals surface area contributed by atoms with Crippen molar-refractivity contribution in [3.63, 3.8) is 0 Å². The van der Waals surface area contributed by atoms with Crippen molar-refractivity contribution in [3.05, 3.63) is 18.1 Å². The van der Waals surface area contributed by atoms with Gasteiger partial charge in [-0.3, -0.25) is 4.98 Å². The molecule has 0 radical (unpaired) electrons. The summed E-state index contributed by atoms with van der Waals surface area (Å²) in [5.41, 5.74) is 1.04. The fraction of sp³-hybridized carbons (Fsp3) is 0.556. The second kappa shape index (κ2) is 3.70. The minimum atomic E-state index is 0.385. The Bertz CT molecular complexity index is 281. The number of hydrogen-bond acceptors (Lipinski definition) is 4. The van der Waals surface area contributed by atoms with Gasteiger partial charge < -0.3 is 10.6 Å². The van der Waals surface area contributed by atoms with Crippen LogP contribution in [0.3, 0.4) is 0 Å². The highest BCUT2D eigenvalue weighted by molar-refractivity contribution is 5.40. The topological polar surface area (TPSA) is 49.8 Å². The van der Waals surface area contributed by atoms with Crippen LogP contribution in [-0.2, 0) is 0 Å². The van der Waals surface area contributed by atoms with E-state index in [1.165, 1.54) is 6.42 Å². The number of anilines is 1. The molecule has 2 heterocycles. The maximum Gasteiger partial charge on any atom is 0.149 e. The fourth-order valence-electron chi connectivity index (χ4n) is 1.71. The van der Waals surface area contributed by atoms with Gasteiger partial charge in [-0.05, 0) is 19.4 Å². The molecule has 1 aliphatic rings. The molecule has 0 saturated carbocycles. The van der Waals surface area contributed by atoms with Crippen molar-refractivity contribution in [2.24, 2.45) is 0 Å². The quantitative estimate of drug-likeness (QED) is 0.707. The molecule has 0 spiro atoms. The van der Waals surface area contributed by atoms with Crippen LogP contribution in [0, 0.1) is 0 Å². The van der Waals surface area contributed by atoms with Crippen molar-refractivity contribution in [3.8, 4) is 0 Å². The van der Waals surface area contributed by atoms with Crippen LogP contribution in [0.1, 0.15) is 24.6 Å². The van der Waals surface area contributed by atoms with E-state index in [0.29, 0.717) is 6.04 Å². The summed E-state index contributed by atoms with van der Waals surface area (Å²) in [4.78, 5) is 8.57. The van der Waals surface area contributed by atoms with E-state index in [-0.39, 0.29) is 0 Å². The first-order valence-electron chi connectivity index (χ1n) is 4.64. The smallest absolute Gasteiger partial charge is 0.149 e. The summed E-state index contributed by atoms with van der Waals surface area (Å²) in [7, 11) is 1.88. The molecule has 13 heavy (non-hydrogen) atoms. The van der Waals surface area contributed by atoms with E-state index in [9.17, 15) is 0 Å². The molecular formula is C9H14N4. The molecule has 0 amide bonds. The molecule has 1 saturated heterocycles. The third-order valence-electron chi connectivity index (χ3n) is 2.35. The first kappa shape index (κ1) is 8.44. The summed E-state index contributed by atoms with van der Waals surface area (Å²) < 4.78 is 0. The number of aromatic nitrogens is 2. The first-order valence-corrected chi connectivity index (χ1v) is 4.64. The van der Waals surface area contributed by atoms with Crippen LogP contribution in [0.2, 0.25) is 0 Å². The van der Waals surface area contributed by atoms with Crippen LogP contribution in [0.4, 0.5) is 5.82 Å². The van der Waals surface area contributed by atoms with Crippen molar-refractivity contribution >= 4 is 5.82 Å². The van der Waals surface area contributed by atoms with Crippen LogP contribution in [0.15, 0.2) is 12.4 Å². The normalized spacial score (nSPS) is 21.8. The molecule has 1 atom stereocenters. The standard InChI is InChI=1S/C9H14N4/c1-10-9-8(12-5-6-13-9)7-3-2-4-11-7/h5-7,11H,2-4H2,1H3,(H,10,13). The van der Waals surface area contributed by atoms with Gasteiger partial charge in [-0.25, -0.2) is 4.98 Å². The van der Waals surface area contributed by atoms with Gasteiger partial charge in [-0.15, -0.1) is 0 Å². The van der Waals surface area contributed by atoms with Crippen LogP contribution in [0.25, 0.3) is 0 Å². The summed E-state index contributed by atoms with van der Waals surface area (Å²) in [5, 5.41) is 6.46. The van der Waals surface area contributed by atoms with E-state index < -0.39 is 0 Å². The highest BCUT2D eigenvalue weighted by Crippen LogP contribution is 2.25. The molecule has 1 unspecified atom stereocenters. The lowest BCUT2D eigenvalue weighted by atomic mass is 10.1. The third-order valence-corrected chi connectivity index (χ3v) is 2.35. The Balaban J connectivity index is 2.26. The lowest BCUT2D eigenvalue weighted by Crippen LogP contribution is -2.16. The predicted molar refractivity (Wildman–Crippen MR) is 51.6 cm³/mol. The van der Waals surface area contributed by atoms with E-state index >= 15 is 0 Å². The second-order valence-electron chi connectivity index (χ2n) is 3.19. The van der Waals surface area contributed by atoms with Gasteiger partial charge in [0.25, 0.3) is 0 Å². The van der Waals surface area contributed by atoms with Gasteiger partial charge in [0.1, 0.15) is 5.82 Å². The molecule has 0 bridgehead atoms. The SMILES string of the molecule is CNc1nccnc1C1CCCN1. The highest BCUT2D eigenvalue weighted by atomic mass is 15.0. The number of rotatable bonds is 2. The predicted octanol–water partition coefficient (Wildman–Crippen LogP) is 0.943. The van der Waals surface area contributed by atoms with Crippen molar-refractivity contribution in [1.29, 1.82) is 0 Å². The monoisotopic (exact) mass is 178 g/mol. The average Bonchev–Trinajstić information content (AvgIpc) is 2.70. The van der Waals surface area contributed by atoms with E-state index in [2.05, 4.69) is 20.6 Å². The summed E-state index contributed by atoms with van der Waals surface area (Å²) in [6.07, 6.45) is 5.85. The Kier molecular flexibility index (Phi) is 2.40. The lowest BCUT2D eigenvalue weighted by Gasteiger charge is -2.12. The molecular weight excluding hydrogens is 164 g/mol. The Hall–Kier alpha value is -1.16. The average molecular weight is 178 g/mol. The van der Waals surface area contributed by atoms with Gasteiger partial charge in [0.2, 0.25) is 0 Å². The number of nitrogens with one attached hydrogen (secondary N) is 2. The molecule has 1 aliphatic heterocycles. The zero-order valence-electron chi connectivity index (χ0n) is 7.75. The van der Waals surface area contributed by atoms with Gasteiger partial charge in [0.05, 0.1) is 11.7 Å². The summed E-state index contributed by atoms with van der Waals surface area (Å²) in [5.74, 6) is 0.891. The summed E-state index contributed by atoms with van der Waals surface area (Å²) in [6, 6.07) is 0.385. The molecule has 70 valence electrons. The molecule has 4 heteroatoms. The summed E-state index contributed by atoms with van der Waals surface area (Å²) in [6.45, 7) is 1.09. The van der Waals surface area contributed by atoms with Crippen molar-refractivity contribution in [2.45, 2.75) is 18.9 Å². The Labute approximate surface area is 77.8 Å². The minimum absolute atomic E-state index is 0.385. The van der Waals surface area contributed by atoms with E-state index in [1.54, 1.807) is 12.4 Å². The lowest BCUT2D eigenvalue weighted by molar-refractivity contribution is 0.626. The van der Waals surface area contributed by atoms with E-state index in [4.69, 9.17) is 0 Å². The molecule has 2 N–H and O–H groups in total. The molecule has 1 fully saturated rings. The Morgan fingerprint density at radius 3 is 3.00 bits per heavy atom. The zero-order chi connectivity index (χ0) is 9.10. The third kappa shape index (κ3) is 1.62. The number of hydrogen-bond donors (Lipinski definition) is 2. The van der Waals surface area contributed by atoms with Gasteiger partial charge in [0, 0.05) is 19.4 Å². The van der Waals surface area contributed by atoms with Crippen molar-refractivity contribution in [1.82, 2.24) is 15.3 Å². The van der Waals surface area contributed by atoms with Crippen LogP contribution >= 0.6 is 0 Å². The molecule has 2 rings (SSSR count). The van der Waals surface area contributed by atoms with Crippen LogP contribution in [0.5, 0.6) is 0 Å². The highest BCUT2D eigenvalue weighted by Gasteiger charge is 2.20. The molecule has 1 aromatic heterocycles. The fourth-order valence-corrected chi connectivity index (χ4v) is 1.71. The van der Waals surface area contributed by atoms with Gasteiger partial charge in [-0.2, -0.15) is 0 Å². The molecule has 1 aromatic rings. The van der Waals surface area contributed by atoms with Crippen LogP contribution < -0.4 is 10.6 Å². The molecule has 0 aliphatic carbocycles. The van der Waals surface area contributed by atoms with Gasteiger partial charge >= 0.3 is 0 Å². The second-order valence-corrected chi connectivity index (χ2v) is 3.19. The minimum Gasteiger partial charge on any atom is -0.372 e. The van der Waals surface area contributed by atoms with E-state index in [1.807, 2.05) is 7.05 Å². The summed E-state index contributed by atoms with van der Waals surface area (Å²) >= 11 is 0. The molecule has 0 aromatic carbocycles.